The van der Waals surface area contributed by atoms with E-state index >= 15 is 0 Å². The summed E-state index contributed by atoms with van der Waals surface area (Å²) in [7, 11) is 1.43. The van der Waals surface area contributed by atoms with Gasteiger partial charge in [0.25, 0.3) is 0 Å². The van der Waals surface area contributed by atoms with Crippen LogP contribution in [0.4, 0.5) is 10.5 Å². The largest absolute Gasteiger partial charge is 0.453 e. The van der Waals surface area contributed by atoms with Crippen LogP contribution in [0.25, 0.3) is 0 Å². The Hall–Kier alpha value is -3.11. The first-order chi connectivity index (χ1) is 21.6. The van der Waals surface area contributed by atoms with Gasteiger partial charge in [-0.3, -0.25) is 14.5 Å². The number of rotatable bonds is 7. The molecule has 4 aliphatic rings. The molecule has 3 amide bonds. The standard InChI is InChI=1S/C34H47ClN6O4/c1-22-6-7-28(20-30(22)35)40(33(43)25-10-15-37(16-11-25)24(3)42)14-5-13-39-26-8-9-27(39)19-29(18-26)41-23(2)36-31-21-38(34(44)45-4)17-12-32(31)41/h6-7,20,25-27,29H,5,8-19,21H2,1-4H3/t26-,27+,29?. The van der Waals surface area contributed by atoms with Crippen molar-refractivity contribution in [1.82, 2.24) is 24.3 Å². The molecule has 1 aromatic heterocycles. The van der Waals surface area contributed by atoms with Crippen LogP contribution < -0.4 is 4.90 Å². The third-order valence-corrected chi connectivity index (χ3v) is 11.1. The molecule has 10 nitrogen and oxygen atoms in total. The highest BCUT2D eigenvalue weighted by atomic mass is 35.5. The zero-order chi connectivity index (χ0) is 31.8. The smallest absolute Gasteiger partial charge is 0.409 e. The molecular formula is C34H47ClN6O4. The number of anilines is 1. The fourth-order valence-corrected chi connectivity index (χ4v) is 8.50. The van der Waals surface area contributed by atoms with Gasteiger partial charge in [0.15, 0.2) is 0 Å². The van der Waals surface area contributed by atoms with Crippen molar-refractivity contribution in [3.8, 4) is 0 Å². The molecule has 2 bridgehead atoms. The molecule has 0 N–H and O–H groups in total. The van der Waals surface area contributed by atoms with Gasteiger partial charge in [-0.15, -0.1) is 0 Å². The molecule has 4 aliphatic heterocycles. The highest BCUT2D eigenvalue weighted by Crippen LogP contribution is 2.42. The van der Waals surface area contributed by atoms with Crippen molar-refractivity contribution >= 4 is 35.2 Å². The van der Waals surface area contributed by atoms with E-state index in [9.17, 15) is 14.4 Å². The number of amides is 3. The number of aryl methyl sites for hydroxylation is 2. The maximum Gasteiger partial charge on any atom is 0.409 e. The lowest BCUT2D eigenvalue weighted by Crippen LogP contribution is -2.46. The monoisotopic (exact) mass is 638 g/mol. The highest BCUT2D eigenvalue weighted by Gasteiger charge is 2.42. The Balaban J connectivity index is 1.10. The van der Waals surface area contributed by atoms with E-state index in [1.807, 2.05) is 34.9 Å². The van der Waals surface area contributed by atoms with E-state index in [0.717, 1.165) is 55.0 Å². The van der Waals surface area contributed by atoms with Crippen LogP contribution in [0.15, 0.2) is 18.2 Å². The molecule has 1 aromatic carbocycles. The Kier molecular flexibility index (Phi) is 9.43. The number of benzene rings is 1. The number of hydrogen-bond acceptors (Lipinski definition) is 6. The van der Waals surface area contributed by atoms with Crippen molar-refractivity contribution in [1.29, 1.82) is 0 Å². The summed E-state index contributed by atoms with van der Waals surface area (Å²) in [5.41, 5.74) is 4.15. The van der Waals surface area contributed by atoms with E-state index in [1.54, 1.807) is 11.8 Å². The molecular weight excluding hydrogens is 592 g/mol. The number of methoxy groups -OCH3 is 1. The van der Waals surface area contributed by atoms with Crippen LogP contribution in [-0.4, -0.2) is 94.1 Å². The fraction of sp³-hybridized carbons (Fsp3) is 0.647. The minimum absolute atomic E-state index is 0.0785. The number of ether oxygens (including phenoxy) is 1. The maximum absolute atomic E-state index is 13.9. The van der Waals surface area contributed by atoms with Crippen molar-refractivity contribution in [2.45, 2.75) is 96.8 Å². The van der Waals surface area contributed by atoms with Gasteiger partial charge in [0.2, 0.25) is 11.8 Å². The lowest BCUT2D eigenvalue weighted by molar-refractivity contribution is -0.133. The van der Waals surface area contributed by atoms with Gasteiger partial charge in [-0.2, -0.15) is 0 Å². The number of aromatic nitrogens is 2. The van der Waals surface area contributed by atoms with Gasteiger partial charge < -0.3 is 24.0 Å². The molecule has 45 heavy (non-hydrogen) atoms. The second kappa shape index (κ2) is 13.3. The zero-order valence-corrected chi connectivity index (χ0v) is 27.9. The Morgan fingerprint density at radius 2 is 1.71 bits per heavy atom. The van der Waals surface area contributed by atoms with Gasteiger partial charge in [0, 0.05) is 86.5 Å². The van der Waals surface area contributed by atoms with Crippen molar-refractivity contribution in [3.63, 3.8) is 0 Å². The summed E-state index contributed by atoms with van der Waals surface area (Å²) >= 11 is 6.52. The first kappa shape index (κ1) is 31.9. The number of hydrogen-bond donors (Lipinski definition) is 0. The number of carbonyl (C=O) groups excluding carboxylic acids is 3. The molecule has 2 aromatic rings. The minimum atomic E-state index is -0.289. The van der Waals surface area contributed by atoms with Gasteiger partial charge in [0.05, 0.1) is 19.3 Å². The SMILES string of the molecule is COC(=O)N1CCc2c(nc(C)n2C2C[C@H]3CC[C@@H](C2)N3CCCN(C(=O)C2CCN(C(C)=O)CC2)c2ccc(C)c(Cl)c2)C1. The Bertz CT molecular complexity index is 1420. The van der Waals surface area contributed by atoms with Crippen molar-refractivity contribution in [2.75, 3.05) is 44.7 Å². The summed E-state index contributed by atoms with van der Waals surface area (Å²) in [6.45, 7) is 9.73. The second-order valence-corrected chi connectivity index (χ2v) is 13.8. The van der Waals surface area contributed by atoms with Crippen LogP contribution >= 0.6 is 11.6 Å². The molecule has 3 fully saturated rings. The fourth-order valence-electron chi connectivity index (χ4n) is 8.32. The third-order valence-electron chi connectivity index (χ3n) is 10.7. The second-order valence-electron chi connectivity index (χ2n) is 13.4. The molecule has 11 heteroatoms. The molecule has 0 saturated carbocycles. The molecule has 3 saturated heterocycles. The minimum Gasteiger partial charge on any atom is -0.453 e. The molecule has 0 radical (unpaired) electrons. The molecule has 5 heterocycles. The van der Waals surface area contributed by atoms with Crippen molar-refractivity contribution < 1.29 is 19.1 Å². The van der Waals surface area contributed by atoms with Crippen LogP contribution in [0.3, 0.4) is 0 Å². The van der Waals surface area contributed by atoms with E-state index in [-0.39, 0.29) is 23.8 Å². The normalized spacial score (nSPS) is 23.6. The summed E-state index contributed by atoms with van der Waals surface area (Å²) in [5, 5.41) is 0.673. The van der Waals surface area contributed by atoms with Crippen LogP contribution in [0, 0.1) is 19.8 Å². The van der Waals surface area contributed by atoms with E-state index < -0.39 is 0 Å². The lowest BCUT2D eigenvalue weighted by Gasteiger charge is -2.41. The van der Waals surface area contributed by atoms with Gasteiger partial charge >= 0.3 is 6.09 Å². The van der Waals surface area contributed by atoms with E-state index in [1.165, 1.54) is 25.6 Å². The first-order valence-corrected chi connectivity index (χ1v) is 17.0. The Morgan fingerprint density at radius 3 is 2.36 bits per heavy atom. The number of fused-ring (bicyclic) bond motifs is 3. The number of imidazole rings is 1. The Morgan fingerprint density at radius 1 is 1.00 bits per heavy atom. The molecule has 6 rings (SSSR count). The first-order valence-electron chi connectivity index (χ1n) is 16.6. The van der Waals surface area contributed by atoms with Crippen LogP contribution in [0.1, 0.15) is 80.7 Å². The predicted molar refractivity (Wildman–Crippen MR) is 173 cm³/mol. The Labute approximate surface area is 271 Å². The predicted octanol–water partition coefficient (Wildman–Crippen LogP) is 5.13. The molecule has 0 spiro atoms. The summed E-state index contributed by atoms with van der Waals surface area (Å²) in [6.07, 6.45) is 7.43. The summed E-state index contributed by atoms with van der Waals surface area (Å²) in [6, 6.07) is 7.40. The topological polar surface area (TPSA) is 91.2 Å². The van der Waals surface area contributed by atoms with E-state index in [2.05, 4.69) is 16.4 Å². The average Bonchev–Trinajstić information content (AvgIpc) is 3.49. The highest BCUT2D eigenvalue weighted by molar-refractivity contribution is 6.31. The summed E-state index contributed by atoms with van der Waals surface area (Å²) in [4.78, 5) is 51.0. The number of likely N-dealkylation sites (tertiary alicyclic amines) is 1. The van der Waals surface area contributed by atoms with Crippen LogP contribution in [0.5, 0.6) is 0 Å². The van der Waals surface area contributed by atoms with E-state index in [0.29, 0.717) is 68.7 Å². The molecule has 1 unspecified atom stereocenters. The van der Waals surface area contributed by atoms with Crippen LogP contribution in [-0.2, 0) is 27.3 Å². The number of halogens is 1. The van der Waals surface area contributed by atoms with Gasteiger partial charge in [-0.1, -0.05) is 17.7 Å². The van der Waals surface area contributed by atoms with Crippen LogP contribution in [0.2, 0.25) is 5.02 Å². The van der Waals surface area contributed by atoms with Gasteiger partial charge in [0.1, 0.15) is 5.82 Å². The maximum atomic E-state index is 13.9. The van der Waals surface area contributed by atoms with Crippen molar-refractivity contribution in [2.24, 2.45) is 5.92 Å². The summed E-state index contributed by atoms with van der Waals surface area (Å²) < 4.78 is 7.43. The molecule has 0 aliphatic carbocycles. The molecule has 3 atom stereocenters. The summed E-state index contributed by atoms with van der Waals surface area (Å²) in [5.74, 6) is 1.18. The zero-order valence-electron chi connectivity index (χ0n) is 27.1. The van der Waals surface area contributed by atoms with Crippen molar-refractivity contribution in [3.05, 3.63) is 46.0 Å². The lowest BCUT2D eigenvalue weighted by atomic mass is 9.94. The average molecular weight is 639 g/mol. The third kappa shape index (κ3) is 6.45. The molecule has 244 valence electrons. The quantitative estimate of drug-likeness (QED) is 0.418. The van der Waals surface area contributed by atoms with Gasteiger partial charge in [-0.05, 0) is 76.5 Å². The number of carbonyl (C=O) groups is 3. The van der Waals surface area contributed by atoms with Gasteiger partial charge in [-0.25, -0.2) is 9.78 Å². The number of nitrogens with zero attached hydrogens (tertiary/aromatic N) is 6. The van der Waals surface area contributed by atoms with E-state index in [4.69, 9.17) is 21.3 Å². The number of piperidine rings is 2.